The zero-order valence-electron chi connectivity index (χ0n) is 15.0. The zero-order valence-corrected chi connectivity index (χ0v) is 16.6. The summed E-state index contributed by atoms with van der Waals surface area (Å²) in [4.78, 5) is 27.0. The van der Waals surface area contributed by atoms with Gasteiger partial charge in [0.15, 0.2) is 11.7 Å². The van der Waals surface area contributed by atoms with E-state index in [1.165, 1.54) is 6.42 Å². The molecule has 1 aromatic carbocycles. The van der Waals surface area contributed by atoms with Crippen molar-refractivity contribution >= 4 is 46.9 Å². The molecule has 1 saturated heterocycles. The number of rotatable bonds is 5. The summed E-state index contributed by atoms with van der Waals surface area (Å²) in [5.74, 6) is -0.879. The van der Waals surface area contributed by atoms with Crippen LogP contribution in [0.1, 0.15) is 37.7 Å². The van der Waals surface area contributed by atoms with Crippen LogP contribution in [0.2, 0.25) is 5.02 Å². The van der Waals surface area contributed by atoms with E-state index in [2.05, 4.69) is 0 Å². The molecule has 0 bridgehead atoms. The molecule has 0 spiro atoms. The van der Waals surface area contributed by atoms with Gasteiger partial charge < -0.3 is 14.7 Å². The van der Waals surface area contributed by atoms with Gasteiger partial charge in [-0.1, -0.05) is 36.9 Å². The molecule has 1 aliphatic carbocycles. The molecule has 144 valence electrons. The van der Waals surface area contributed by atoms with Crippen molar-refractivity contribution in [1.29, 1.82) is 0 Å². The van der Waals surface area contributed by atoms with Crippen molar-refractivity contribution in [1.82, 2.24) is 9.80 Å². The van der Waals surface area contributed by atoms with Crippen molar-refractivity contribution < 1.29 is 19.4 Å². The second kappa shape index (κ2) is 8.27. The van der Waals surface area contributed by atoms with E-state index in [0.29, 0.717) is 16.4 Å². The highest BCUT2D eigenvalue weighted by atomic mass is 35.5. The average molecular weight is 409 g/mol. The summed E-state index contributed by atoms with van der Waals surface area (Å²) in [6, 6.07) is 5.12. The lowest BCUT2D eigenvalue weighted by Gasteiger charge is -2.30. The molecule has 1 aromatic rings. The molecule has 8 heteroatoms. The Kier molecular flexibility index (Phi) is 6.01. The number of carboxylic acids is 1. The van der Waals surface area contributed by atoms with Gasteiger partial charge in [0.2, 0.25) is 0 Å². The van der Waals surface area contributed by atoms with Crippen molar-refractivity contribution in [3.63, 3.8) is 0 Å². The van der Waals surface area contributed by atoms with Crippen molar-refractivity contribution in [3.05, 3.63) is 34.5 Å². The first-order valence-corrected chi connectivity index (χ1v) is 9.64. The first kappa shape index (κ1) is 19.6. The van der Waals surface area contributed by atoms with Crippen LogP contribution in [0.5, 0.6) is 5.75 Å². The van der Waals surface area contributed by atoms with Gasteiger partial charge in [0.25, 0.3) is 5.91 Å². The minimum atomic E-state index is -1.08. The number of carbonyl (C=O) groups is 2. The molecule has 1 amide bonds. The molecule has 6 nitrogen and oxygen atoms in total. The predicted octanol–water partition coefficient (Wildman–Crippen LogP) is 3.54. The molecule has 0 radical (unpaired) electrons. The van der Waals surface area contributed by atoms with Gasteiger partial charge in [0, 0.05) is 13.1 Å². The minimum absolute atomic E-state index is 0.0864. The van der Waals surface area contributed by atoms with Crippen LogP contribution in [0.4, 0.5) is 0 Å². The summed E-state index contributed by atoms with van der Waals surface area (Å²) in [5.41, 5.74) is 1.21. The summed E-state index contributed by atoms with van der Waals surface area (Å²) < 4.78 is 5.12. The summed E-state index contributed by atoms with van der Waals surface area (Å²) >= 11 is 11.7. The lowest BCUT2D eigenvalue weighted by molar-refractivity contribution is -0.139. The van der Waals surface area contributed by atoms with Crippen LogP contribution in [-0.4, -0.2) is 51.6 Å². The number of halogens is 1. The topological polar surface area (TPSA) is 70.1 Å². The Bertz CT molecular complexity index is 805. The molecule has 2 aliphatic rings. The maximum Gasteiger partial charge on any atom is 0.341 e. The van der Waals surface area contributed by atoms with Gasteiger partial charge in [-0.25, -0.2) is 4.79 Å². The number of likely N-dealkylation sites (N-methyl/N-ethyl adjacent to an activating group) is 1. The highest BCUT2D eigenvalue weighted by molar-refractivity contribution is 7.80. The van der Waals surface area contributed by atoms with E-state index in [0.717, 1.165) is 25.7 Å². The lowest BCUT2D eigenvalue weighted by Crippen LogP contribution is -2.41. The smallest absolute Gasteiger partial charge is 0.341 e. The number of thiocarbonyl (C=S) groups is 1. The van der Waals surface area contributed by atoms with Gasteiger partial charge in [-0.3, -0.25) is 9.69 Å². The molecule has 0 atom stereocenters. The number of amides is 1. The van der Waals surface area contributed by atoms with E-state index in [4.69, 9.17) is 33.7 Å². The Morgan fingerprint density at radius 2 is 2.07 bits per heavy atom. The van der Waals surface area contributed by atoms with Crippen molar-refractivity contribution in [2.45, 2.75) is 38.1 Å². The van der Waals surface area contributed by atoms with Crippen molar-refractivity contribution in [2.75, 3.05) is 13.7 Å². The van der Waals surface area contributed by atoms with Gasteiger partial charge in [0.1, 0.15) is 11.4 Å². The number of aliphatic carboxylic acids is 1. The van der Waals surface area contributed by atoms with Gasteiger partial charge in [-0.05, 0) is 48.8 Å². The van der Waals surface area contributed by atoms with E-state index in [9.17, 15) is 9.59 Å². The third kappa shape index (κ3) is 4.25. The number of carbonyl (C=O) groups excluding carboxylic acids is 1. The third-order valence-corrected chi connectivity index (χ3v) is 5.61. The van der Waals surface area contributed by atoms with Crippen LogP contribution >= 0.6 is 23.8 Å². The first-order chi connectivity index (χ1) is 12.9. The van der Waals surface area contributed by atoms with Crippen molar-refractivity contribution in [3.8, 4) is 5.75 Å². The summed E-state index contributed by atoms with van der Waals surface area (Å²) in [6.07, 6.45) is 7.15. The molecule has 1 N–H and O–H groups in total. The van der Waals surface area contributed by atoms with E-state index in [1.54, 1.807) is 41.1 Å². The lowest BCUT2D eigenvalue weighted by atomic mass is 9.94. The van der Waals surface area contributed by atoms with Gasteiger partial charge >= 0.3 is 5.97 Å². The Hall–Kier alpha value is -2.12. The molecular formula is C19H21ClN2O4S. The summed E-state index contributed by atoms with van der Waals surface area (Å²) in [7, 11) is 1.79. The fourth-order valence-electron chi connectivity index (χ4n) is 3.46. The van der Waals surface area contributed by atoms with E-state index >= 15 is 0 Å². The standard InChI is InChI=1S/C19H21ClN2O4S/c1-21-15(18(25)22(19(21)27)13-5-3-2-4-6-13)10-12-7-8-16(14(20)9-12)26-11-17(23)24/h7-10,13H,2-6,11H2,1H3,(H,23,24)/b15-10-. The maximum atomic E-state index is 13.0. The fraction of sp³-hybridized carbons (Fsp3) is 0.421. The molecule has 0 aromatic heterocycles. The largest absolute Gasteiger partial charge is 0.480 e. The monoisotopic (exact) mass is 408 g/mol. The highest BCUT2D eigenvalue weighted by Crippen LogP contribution is 2.32. The zero-order chi connectivity index (χ0) is 19.6. The van der Waals surface area contributed by atoms with Crippen LogP contribution in [-0.2, 0) is 9.59 Å². The molecular weight excluding hydrogens is 388 g/mol. The SMILES string of the molecule is CN1C(=S)N(C2CCCCC2)C(=O)/C1=C/c1ccc(OCC(=O)O)c(Cl)c1. The molecule has 0 unspecified atom stereocenters. The van der Waals surface area contributed by atoms with Gasteiger partial charge in [0.05, 0.1) is 5.02 Å². The second-order valence-electron chi connectivity index (χ2n) is 6.71. The Balaban J connectivity index is 1.81. The number of hydrogen-bond donors (Lipinski definition) is 1. The van der Waals surface area contributed by atoms with Crippen LogP contribution in [0, 0.1) is 0 Å². The number of nitrogens with zero attached hydrogens (tertiary/aromatic N) is 2. The Morgan fingerprint density at radius 1 is 1.37 bits per heavy atom. The summed E-state index contributed by atoms with van der Waals surface area (Å²) in [5, 5.41) is 9.50. The van der Waals surface area contributed by atoms with E-state index in [1.807, 2.05) is 0 Å². The van der Waals surface area contributed by atoms with Crippen LogP contribution in [0.3, 0.4) is 0 Å². The fourth-order valence-corrected chi connectivity index (χ4v) is 4.03. The van der Waals surface area contributed by atoms with E-state index in [-0.39, 0.29) is 22.7 Å². The highest BCUT2D eigenvalue weighted by Gasteiger charge is 2.40. The third-order valence-electron chi connectivity index (χ3n) is 4.84. The molecule has 3 rings (SSSR count). The normalized spacial score (nSPS) is 19.9. The van der Waals surface area contributed by atoms with Crippen molar-refractivity contribution in [2.24, 2.45) is 0 Å². The summed E-state index contributed by atoms with van der Waals surface area (Å²) in [6.45, 7) is -0.466. The number of benzene rings is 1. The van der Waals surface area contributed by atoms with Gasteiger partial charge in [-0.2, -0.15) is 0 Å². The van der Waals surface area contributed by atoms with E-state index < -0.39 is 12.6 Å². The first-order valence-electron chi connectivity index (χ1n) is 8.85. The van der Waals surface area contributed by atoms with Crippen LogP contribution < -0.4 is 4.74 Å². The maximum absolute atomic E-state index is 13.0. The predicted molar refractivity (Wildman–Crippen MR) is 107 cm³/mol. The quantitative estimate of drug-likeness (QED) is 0.593. The minimum Gasteiger partial charge on any atom is -0.480 e. The Morgan fingerprint density at radius 3 is 2.70 bits per heavy atom. The molecule has 2 fully saturated rings. The molecule has 1 heterocycles. The van der Waals surface area contributed by atoms with Crippen LogP contribution in [0.15, 0.2) is 23.9 Å². The number of ether oxygens (including phenoxy) is 1. The molecule has 27 heavy (non-hydrogen) atoms. The van der Waals surface area contributed by atoms with Crippen LogP contribution in [0.25, 0.3) is 6.08 Å². The molecule has 1 saturated carbocycles. The second-order valence-corrected chi connectivity index (χ2v) is 7.48. The number of hydrogen-bond acceptors (Lipinski definition) is 4. The average Bonchev–Trinajstić information content (AvgIpc) is 2.85. The number of carboxylic acid groups (broad SMARTS) is 1. The Labute approximate surface area is 168 Å². The molecule has 1 aliphatic heterocycles. The van der Waals surface area contributed by atoms with Gasteiger partial charge in [-0.15, -0.1) is 0 Å².